The maximum atomic E-state index is 4.76. The number of aryl methyl sites for hydroxylation is 3. The fourth-order valence-electron chi connectivity index (χ4n) is 3.52. The third-order valence-corrected chi connectivity index (χ3v) is 4.75. The Hall–Kier alpha value is -2.43. The SMILES string of the molecule is Cc1ccc(C)c([C@H]2CCCN2c2ccc3nnc(C)n3n2)c1. The first-order chi connectivity index (χ1) is 11.1. The average Bonchev–Trinajstić information content (AvgIpc) is 3.17. The van der Waals surface area contributed by atoms with Crippen molar-refractivity contribution < 1.29 is 0 Å². The maximum absolute atomic E-state index is 4.76. The number of fused-ring (bicyclic) bond motifs is 1. The van der Waals surface area contributed by atoms with E-state index in [1.165, 1.54) is 29.5 Å². The van der Waals surface area contributed by atoms with E-state index in [4.69, 9.17) is 5.10 Å². The summed E-state index contributed by atoms with van der Waals surface area (Å²) in [7, 11) is 0. The standard InChI is InChI=1S/C18H21N5/c1-12-6-7-13(2)15(11-12)16-5-4-10-22(16)18-9-8-17-20-19-14(3)23(17)21-18/h6-9,11,16H,4-5,10H2,1-3H3/t16-/m1/s1. The van der Waals surface area contributed by atoms with Crippen LogP contribution in [0.5, 0.6) is 0 Å². The molecule has 23 heavy (non-hydrogen) atoms. The lowest BCUT2D eigenvalue weighted by molar-refractivity contribution is 0.695. The summed E-state index contributed by atoms with van der Waals surface area (Å²) in [5.74, 6) is 1.83. The monoisotopic (exact) mass is 307 g/mol. The highest BCUT2D eigenvalue weighted by molar-refractivity contribution is 5.49. The first-order valence-corrected chi connectivity index (χ1v) is 8.16. The molecule has 2 aromatic heterocycles. The summed E-state index contributed by atoms with van der Waals surface area (Å²) in [4.78, 5) is 2.42. The van der Waals surface area contributed by atoms with Crippen molar-refractivity contribution in [1.29, 1.82) is 0 Å². The number of hydrogen-bond acceptors (Lipinski definition) is 4. The average molecular weight is 307 g/mol. The Kier molecular flexibility index (Phi) is 3.29. The summed E-state index contributed by atoms with van der Waals surface area (Å²) >= 11 is 0. The van der Waals surface area contributed by atoms with Crippen molar-refractivity contribution in [2.45, 2.75) is 39.7 Å². The zero-order chi connectivity index (χ0) is 16.0. The van der Waals surface area contributed by atoms with Crippen LogP contribution in [0.1, 0.15) is 41.4 Å². The topological polar surface area (TPSA) is 46.3 Å². The second-order valence-electron chi connectivity index (χ2n) is 6.42. The van der Waals surface area contributed by atoms with Gasteiger partial charge in [-0.2, -0.15) is 4.52 Å². The Morgan fingerprint density at radius 3 is 2.78 bits per heavy atom. The minimum absolute atomic E-state index is 0.400. The lowest BCUT2D eigenvalue weighted by atomic mass is 9.97. The zero-order valence-electron chi connectivity index (χ0n) is 13.8. The molecule has 0 saturated carbocycles. The molecule has 0 bridgehead atoms. The first-order valence-electron chi connectivity index (χ1n) is 8.16. The van der Waals surface area contributed by atoms with Crippen LogP contribution in [-0.4, -0.2) is 26.4 Å². The van der Waals surface area contributed by atoms with Gasteiger partial charge >= 0.3 is 0 Å². The molecule has 5 heteroatoms. The Morgan fingerprint density at radius 2 is 1.91 bits per heavy atom. The van der Waals surface area contributed by atoms with Crippen molar-refractivity contribution in [3.63, 3.8) is 0 Å². The van der Waals surface area contributed by atoms with Crippen molar-refractivity contribution in [1.82, 2.24) is 19.8 Å². The molecule has 0 unspecified atom stereocenters. The molecule has 0 N–H and O–H groups in total. The van der Waals surface area contributed by atoms with E-state index >= 15 is 0 Å². The van der Waals surface area contributed by atoms with E-state index in [1.54, 1.807) is 0 Å². The van der Waals surface area contributed by atoms with Crippen molar-refractivity contribution in [3.05, 3.63) is 52.8 Å². The highest BCUT2D eigenvalue weighted by Gasteiger charge is 2.28. The lowest BCUT2D eigenvalue weighted by Crippen LogP contribution is -2.25. The van der Waals surface area contributed by atoms with Crippen LogP contribution < -0.4 is 4.90 Å². The quantitative estimate of drug-likeness (QED) is 0.728. The number of hydrogen-bond donors (Lipinski definition) is 0. The van der Waals surface area contributed by atoms with Gasteiger partial charge in [-0.1, -0.05) is 23.8 Å². The van der Waals surface area contributed by atoms with E-state index < -0.39 is 0 Å². The molecule has 5 nitrogen and oxygen atoms in total. The third kappa shape index (κ3) is 2.36. The van der Waals surface area contributed by atoms with Crippen LogP contribution in [0, 0.1) is 20.8 Å². The van der Waals surface area contributed by atoms with E-state index in [9.17, 15) is 0 Å². The van der Waals surface area contributed by atoms with Crippen LogP contribution in [0.2, 0.25) is 0 Å². The first kappa shape index (κ1) is 14.2. The van der Waals surface area contributed by atoms with Crippen molar-refractivity contribution >= 4 is 11.5 Å². The Balaban J connectivity index is 1.76. The highest BCUT2D eigenvalue weighted by atomic mass is 15.4. The van der Waals surface area contributed by atoms with E-state index in [2.05, 4.69) is 53.2 Å². The maximum Gasteiger partial charge on any atom is 0.178 e. The molecule has 0 spiro atoms. The number of benzene rings is 1. The van der Waals surface area contributed by atoms with Gasteiger partial charge in [-0.25, -0.2) is 0 Å². The van der Waals surface area contributed by atoms with Crippen molar-refractivity contribution in [2.24, 2.45) is 0 Å². The molecule has 1 saturated heterocycles. The molecule has 118 valence electrons. The van der Waals surface area contributed by atoms with Gasteiger partial charge in [0.05, 0.1) is 6.04 Å². The zero-order valence-corrected chi connectivity index (χ0v) is 13.8. The largest absolute Gasteiger partial charge is 0.348 e. The number of anilines is 1. The molecular weight excluding hydrogens is 286 g/mol. The molecule has 1 fully saturated rings. The van der Waals surface area contributed by atoms with Gasteiger partial charge in [0.1, 0.15) is 5.82 Å². The van der Waals surface area contributed by atoms with Gasteiger partial charge in [-0.3, -0.25) is 0 Å². The van der Waals surface area contributed by atoms with Gasteiger partial charge in [-0.05, 0) is 56.9 Å². The van der Waals surface area contributed by atoms with Crippen LogP contribution in [-0.2, 0) is 0 Å². The lowest BCUT2D eigenvalue weighted by Gasteiger charge is -2.27. The van der Waals surface area contributed by atoms with E-state index in [-0.39, 0.29) is 0 Å². The molecule has 0 amide bonds. The molecule has 1 aliphatic rings. The second-order valence-corrected chi connectivity index (χ2v) is 6.42. The smallest absolute Gasteiger partial charge is 0.178 e. The van der Waals surface area contributed by atoms with Crippen LogP contribution in [0.15, 0.2) is 30.3 Å². The highest BCUT2D eigenvalue weighted by Crippen LogP contribution is 2.36. The normalized spacial score (nSPS) is 18.0. The predicted octanol–water partition coefficient (Wildman–Crippen LogP) is 3.39. The fourth-order valence-corrected chi connectivity index (χ4v) is 3.52. The molecule has 0 aliphatic carbocycles. The van der Waals surface area contributed by atoms with Gasteiger partial charge in [0, 0.05) is 6.54 Å². The van der Waals surface area contributed by atoms with Gasteiger partial charge in [-0.15, -0.1) is 15.3 Å². The summed E-state index contributed by atoms with van der Waals surface area (Å²) in [5.41, 5.74) is 4.89. The molecule has 3 heterocycles. The number of aromatic nitrogens is 4. The summed E-state index contributed by atoms with van der Waals surface area (Å²) in [6.07, 6.45) is 2.37. The number of nitrogens with zero attached hydrogens (tertiary/aromatic N) is 5. The van der Waals surface area contributed by atoms with Gasteiger partial charge < -0.3 is 4.90 Å². The summed E-state index contributed by atoms with van der Waals surface area (Å²) < 4.78 is 1.83. The van der Waals surface area contributed by atoms with Gasteiger partial charge in [0.2, 0.25) is 0 Å². The minimum atomic E-state index is 0.400. The van der Waals surface area contributed by atoms with Crippen molar-refractivity contribution in [2.75, 3.05) is 11.4 Å². The molecule has 1 aliphatic heterocycles. The Labute approximate surface area is 136 Å². The van der Waals surface area contributed by atoms with Crippen LogP contribution in [0.25, 0.3) is 5.65 Å². The Morgan fingerprint density at radius 1 is 1.04 bits per heavy atom. The molecule has 1 aromatic carbocycles. The third-order valence-electron chi connectivity index (χ3n) is 4.75. The summed E-state index contributed by atoms with van der Waals surface area (Å²) in [6.45, 7) is 7.33. The van der Waals surface area contributed by atoms with Gasteiger partial charge in [0.15, 0.2) is 11.5 Å². The molecule has 4 rings (SSSR count). The van der Waals surface area contributed by atoms with E-state index in [1.807, 2.05) is 17.5 Å². The molecule has 1 atom stereocenters. The summed E-state index contributed by atoms with van der Waals surface area (Å²) in [6, 6.07) is 11.2. The number of rotatable bonds is 2. The van der Waals surface area contributed by atoms with Crippen LogP contribution in [0.4, 0.5) is 5.82 Å². The molecular formula is C18H21N5. The minimum Gasteiger partial charge on any atom is -0.348 e. The fraction of sp³-hybridized carbons (Fsp3) is 0.389. The second kappa shape index (κ2) is 5.33. The Bertz CT molecular complexity index is 867. The van der Waals surface area contributed by atoms with Crippen LogP contribution in [0.3, 0.4) is 0 Å². The van der Waals surface area contributed by atoms with Gasteiger partial charge in [0.25, 0.3) is 0 Å². The van der Waals surface area contributed by atoms with E-state index in [0.29, 0.717) is 6.04 Å². The predicted molar refractivity (Wildman–Crippen MR) is 90.8 cm³/mol. The van der Waals surface area contributed by atoms with Crippen LogP contribution >= 0.6 is 0 Å². The molecule has 0 radical (unpaired) electrons. The summed E-state index contributed by atoms with van der Waals surface area (Å²) in [5, 5.41) is 13.0. The van der Waals surface area contributed by atoms with Crippen molar-refractivity contribution in [3.8, 4) is 0 Å². The van der Waals surface area contributed by atoms with E-state index in [0.717, 1.165) is 23.8 Å². The molecule has 3 aromatic rings.